The van der Waals surface area contributed by atoms with E-state index in [1.807, 2.05) is 4.72 Å². The van der Waals surface area contributed by atoms with Crippen molar-refractivity contribution in [3.63, 3.8) is 0 Å². The van der Waals surface area contributed by atoms with Gasteiger partial charge in [-0.05, 0) is 22.9 Å². The molecule has 0 fully saturated rings. The van der Waals surface area contributed by atoms with Gasteiger partial charge in [0, 0.05) is 6.07 Å². The van der Waals surface area contributed by atoms with Crippen LogP contribution in [0, 0.1) is 10.1 Å². The van der Waals surface area contributed by atoms with Gasteiger partial charge in [0.25, 0.3) is 0 Å². The quantitative estimate of drug-likeness (QED) is 0.557. The average Bonchev–Trinajstić information content (AvgIpc) is 2.28. The smallest absolute Gasteiger partial charge is 0.363 e. The van der Waals surface area contributed by atoms with E-state index in [-0.39, 0.29) is 4.90 Å². The highest BCUT2D eigenvalue weighted by molar-refractivity contribution is 7.89. The number of nitrogens with zero attached hydrogens (tertiary/aromatic N) is 2. The van der Waals surface area contributed by atoms with E-state index in [9.17, 15) is 23.3 Å². The Labute approximate surface area is 102 Å². The first-order chi connectivity index (χ1) is 8.24. The van der Waals surface area contributed by atoms with E-state index in [0.717, 1.165) is 25.3 Å². The van der Waals surface area contributed by atoms with E-state index in [0.29, 0.717) is 0 Å². The molecule has 0 aliphatic carbocycles. The van der Waals surface area contributed by atoms with Crippen LogP contribution in [-0.4, -0.2) is 35.4 Å². The van der Waals surface area contributed by atoms with Gasteiger partial charge in [-0.2, -0.15) is 4.72 Å². The first kappa shape index (κ1) is 14.0. The van der Waals surface area contributed by atoms with Crippen LogP contribution in [0.15, 0.2) is 23.2 Å². The minimum Gasteiger partial charge on any atom is -0.480 e. The van der Waals surface area contributed by atoms with E-state index in [1.54, 1.807) is 0 Å². The van der Waals surface area contributed by atoms with Gasteiger partial charge in [0.05, 0.1) is 0 Å². The fraction of sp³-hybridized carbons (Fsp3) is 0.250. The molecule has 0 saturated heterocycles. The predicted octanol–water partition coefficient (Wildman–Crippen LogP) is -0.259. The Morgan fingerprint density at radius 3 is 2.56 bits per heavy atom. The summed E-state index contributed by atoms with van der Waals surface area (Å²) in [7, 11) is -4.06. The predicted molar refractivity (Wildman–Crippen MR) is 58.3 cm³/mol. The molecule has 0 aliphatic heterocycles. The minimum atomic E-state index is -4.06. The van der Waals surface area contributed by atoms with E-state index < -0.39 is 32.8 Å². The Kier molecular flexibility index (Phi) is 3.93. The summed E-state index contributed by atoms with van der Waals surface area (Å²) in [5, 5.41) is 18.9. The molecule has 2 N–H and O–H groups in total. The first-order valence-corrected chi connectivity index (χ1v) is 6.08. The number of aliphatic carboxylic acids is 1. The van der Waals surface area contributed by atoms with Gasteiger partial charge in [0.2, 0.25) is 10.0 Å². The number of aromatic nitrogens is 1. The van der Waals surface area contributed by atoms with Crippen molar-refractivity contribution in [1.29, 1.82) is 0 Å². The Morgan fingerprint density at radius 1 is 1.56 bits per heavy atom. The van der Waals surface area contributed by atoms with Gasteiger partial charge in [0.1, 0.15) is 10.9 Å². The van der Waals surface area contributed by atoms with Crippen molar-refractivity contribution < 1.29 is 23.2 Å². The Hall–Kier alpha value is -2.07. The van der Waals surface area contributed by atoms with E-state index in [4.69, 9.17) is 5.11 Å². The number of sulfonamides is 1. The third-order valence-corrected chi connectivity index (χ3v) is 3.45. The van der Waals surface area contributed by atoms with Crippen molar-refractivity contribution in [2.75, 3.05) is 0 Å². The number of nitrogens with one attached hydrogen (secondary N) is 1. The molecule has 10 heteroatoms. The molecule has 98 valence electrons. The molecule has 9 nitrogen and oxygen atoms in total. The Morgan fingerprint density at radius 2 is 2.17 bits per heavy atom. The van der Waals surface area contributed by atoms with Crippen LogP contribution in [0.5, 0.6) is 0 Å². The maximum atomic E-state index is 11.6. The largest absolute Gasteiger partial charge is 0.480 e. The lowest BCUT2D eigenvalue weighted by Crippen LogP contribution is -2.38. The maximum absolute atomic E-state index is 11.6. The molecule has 1 rings (SSSR count). The minimum absolute atomic E-state index is 0.346. The molecule has 0 radical (unpaired) electrons. The first-order valence-electron chi connectivity index (χ1n) is 4.59. The number of nitro groups is 1. The maximum Gasteiger partial charge on any atom is 0.363 e. The summed E-state index contributed by atoms with van der Waals surface area (Å²) in [6.45, 7) is 1.15. The molecule has 0 spiro atoms. The third kappa shape index (κ3) is 3.21. The molecular weight excluding hydrogens is 266 g/mol. The highest BCUT2D eigenvalue weighted by Crippen LogP contribution is 2.12. The Bertz CT molecular complexity index is 567. The number of carbonyl (C=O) groups is 1. The van der Waals surface area contributed by atoms with Gasteiger partial charge in [-0.1, -0.05) is 0 Å². The summed E-state index contributed by atoms with van der Waals surface area (Å²) < 4.78 is 25.2. The SMILES string of the molecule is C[C@H](NS(=O)(=O)c1ccc([N+](=O)[O-])nc1)C(=O)O. The Balaban J connectivity index is 2.99. The number of pyridine rings is 1. The molecule has 0 aromatic carbocycles. The van der Waals surface area contributed by atoms with E-state index in [2.05, 4.69) is 4.98 Å². The number of carboxylic acids is 1. The molecule has 1 aromatic rings. The molecular formula is C8H9N3O6S. The molecule has 1 heterocycles. The molecule has 18 heavy (non-hydrogen) atoms. The second-order valence-electron chi connectivity index (χ2n) is 3.29. The van der Waals surface area contributed by atoms with Crippen LogP contribution in [0.25, 0.3) is 0 Å². The van der Waals surface area contributed by atoms with Crippen LogP contribution in [0.4, 0.5) is 5.82 Å². The second-order valence-corrected chi connectivity index (χ2v) is 5.00. The number of rotatable bonds is 5. The summed E-state index contributed by atoms with van der Waals surface area (Å²) in [4.78, 5) is 23.1. The summed E-state index contributed by atoms with van der Waals surface area (Å²) in [5.74, 6) is -1.84. The molecule has 0 amide bonds. The summed E-state index contributed by atoms with van der Waals surface area (Å²) in [6.07, 6.45) is 0.787. The van der Waals surface area contributed by atoms with Crippen LogP contribution in [0.1, 0.15) is 6.92 Å². The van der Waals surface area contributed by atoms with Crippen molar-refractivity contribution in [2.24, 2.45) is 0 Å². The summed E-state index contributed by atoms with van der Waals surface area (Å²) >= 11 is 0. The normalized spacial score (nSPS) is 12.9. The lowest BCUT2D eigenvalue weighted by molar-refractivity contribution is -0.389. The summed E-state index contributed by atoms with van der Waals surface area (Å²) in [6, 6.07) is 0.576. The number of hydrogen-bond donors (Lipinski definition) is 2. The molecule has 1 atom stereocenters. The molecule has 0 saturated carbocycles. The molecule has 0 unspecified atom stereocenters. The van der Waals surface area contributed by atoms with Crippen molar-refractivity contribution in [2.45, 2.75) is 17.9 Å². The zero-order chi connectivity index (χ0) is 13.9. The number of carboxylic acid groups (broad SMARTS) is 1. The van der Waals surface area contributed by atoms with Crippen molar-refractivity contribution in [3.05, 3.63) is 28.4 Å². The second kappa shape index (κ2) is 5.06. The lowest BCUT2D eigenvalue weighted by Gasteiger charge is -2.08. The van der Waals surface area contributed by atoms with E-state index >= 15 is 0 Å². The van der Waals surface area contributed by atoms with Gasteiger partial charge in [0.15, 0.2) is 6.20 Å². The van der Waals surface area contributed by atoms with Crippen LogP contribution in [0.3, 0.4) is 0 Å². The molecule has 0 aliphatic rings. The summed E-state index contributed by atoms with van der Waals surface area (Å²) in [5.41, 5.74) is 0. The lowest BCUT2D eigenvalue weighted by atomic mass is 10.4. The van der Waals surface area contributed by atoms with Gasteiger partial charge in [-0.25, -0.2) is 8.42 Å². The van der Waals surface area contributed by atoms with Crippen LogP contribution in [0.2, 0.25) is 0 Å². The van der Waals surface area contributed by atoms with Crippen LogP contribution < -0.4 is 4.72 Å². The average molecular weight is 275 g/mol. The van der Waals surface area contributed by atoms with Gasteiger partial charge in [-0.3, -0.25) is 4.79 Å². The zero-order valence-corrected chi connectivity index (χ0v) is 9.92. The van der Waals surface area contributed by atoms with Gasteiger partial charge < -0.3 is 15.2 Å². The third-order valence-electron chi connectivity index (χ3n) is 1.92. The fourth-order valence-corrected chi connectivity index (χ4v) is 2.13. The standard InChI is InChI=1S/C8H9N3O6S/c1-5(8(12)13)10-18(16,17)6-2-3-7(9-4-6)11(14)15/h2-5,10H,1H3,(H,12,13)/t5-/m0/s1. The van der Waals surface area contributed by atoms with Gasteiger partial charge in [-0.15, -0.1) is 0 Å². The molecule has 1 aromatic heterocycles. The highest BCUT2D eigenvalue weighted by Gasteiger charge is 2.23. The topological polar surface area (TPSA) is 140 Å². The monoisotopic (exact) mass is 275 g/mol. The molecule has 0 bridgehead atoms. The van der Waals surface area contributed by atoms with Crippen LogP contribution >= 0.6 is 0 Å². The zero-order valence-electron chi connectivity index (χ0n) is 9.10. The van der Waals surface area contributed by atoms with E-state index in [1.165, 1.54) is 0 Å². The number of hydrogen-bond acceptors (Lipinski definition) is 6. The van der Waals surface area contributed by atoms with Crippen molar-refractivity contribution in [3.8, 4) is 0 Å². The fourth-order valence-electron chi connectivity index (χ4n) is 0.991. The van der Waals surface area contributed by atoms with Crippen molar-refractivity contribution in [1.82, 2.24) is 9.71 Å². The van der Waals surface area contributed by atoms with Crippen molar-refractivity contribution >= 4 is 21.8 Å². The van der Waals surface area contributed by atoms with Crippen LogP contribution in [-0.2, 0) is 14.8 Å². The highest BCUT2D eigenvalue weighted by atomic mass is 32.2. The van der Waals surface area contributed by atoms with Gasteiger partial charge >= 0.3 is 11.8 Å².